The Morgan fingerprint density at radius 1 is 1.33 bits per heavy atom. The van der Waals surface area contributed by atoms with E-state index in [4.69, 9.17) is 0 Å². The lowest BCUT2D eigenvalue weighted by molar-refractivity contribution is 0.167. The first-order chi connectivity index (χ1) is 8.72. The quantitative estimate of drug-likeness (QED) is 0.866. The maximum absolute atomic E-state index is 4.58. The molecule has 0 bridgehead atoms. The van der Waals surface area contributed by atoms with Gasteiger partial charge < -0.3 is 10.3 Å². The SMILES string of the molecule is CC(C)C1CC(NCc2nc3ccccc3[nH]2)C1. The van der Waals surface area contributed by atoms with Crippen LogP contribution in [0.1, 0.15) is 32.5 Å². The van der Waals surface area contributed by atoms with Gasteiger partial charge in [0.05, 0.1) is 17.6 Å². The fourth-order valence-electron chi connectivity index (χ4n) is 2.70. The lowest BCUT2D eigenvalue weighted by atomic mass is 9.74. The molecule has 1 aliphatic carbocycles. The topological polar surface area (TPSA) is 40.7 Å². The Balaban J connectivity index is 1.55. The highest BCUT2D eigenvalue weighted by Gasteiger charge is 2.30. The van der Waals surface area contributed by atoms with Crippen LogP contribution in [0, 0.1) is 11.8 Å². The third-order valence-electron chi connectivity index (χ3n) is 4.11. The minimum Gasteiger partial charge on any atom is -0.341 e. The maximum Gasteiger partial charge on any atom is 0.121 e. The molecule has 0 aliphatic heterocycles. The Morgan fingerprint density at radius 2 is 2.11 bits per heavy atom. The molecule has 0 unspecified atom stereocenters. The fourth-order valence-corrected chi connectivity index (χ4v) is 2.70. The first kappa shape index (κ1) is 11.7. The molecule has 0 radical (unpaired) electrons. The predicted octanol–water partition coefficient (Wildman–Crippen LogP) is 3.09. The summed E-state index contributed by atoms with van der Waals surface area (Å²) >= 11 is 0. The van der Waals surface area contributed by atoms with Crippen molar-refractivity contribution in [2.75, 3.05) is 0 Å². The molecule has 2 aromatic rings. The van der Waals surface area contributed by atoms with E-state index in [0.717, 1.165) is 35.2 Å². The van der Waals surface area contributed by atoms with E-state index < -0.39 is 0 Å². The Hall–Kier alpha value is -1.35. The molecule has 0 spiro atoms. The van der Waals surface area contributed by atoms with Crippen molar-refractivity contribution in [2.45, 2.75) is 39.3 Å². The zero-order valence-corrected chi connectivity index (χ0v) is 11.1. The Labute approximate surface area is 108 Å². The van der Waals surface area contributed by atoms with Gasteiger partial charge in [-0.25, -0.2) is 4.98 Å². The number of hydrogen-bond acceptors (Lipinski definition) is 2. The average Bonchev–Trinajstić information content (AvgIpc) is 2.68. The molecule has 1 aliphatic rings. The highest BCUT2D eigenvalue weighted by atomic mass is 15.0. The zero-order valence-electron chi connectivity index (χ0n) is 11.1. The summed E-state index contributed by atoms with van der Waals surface area (Å²) in [6, 6.07) is 8.87. The third kappa shape index (κ3) is 2.27. The van der Waals surface area contributed by atoms with E-state index in [2.05, 4.69) is 35.2 Å². The van der Waals surface area contributed by atoms with Crippen molar-refractivity contribution in [3.05, 3.63) is 30.1 Å². The molecule has 0 amide bonds. The number of fused-ring (bicyclic) bond motifs is 1. The van der Waals surface area contributed by atoms with E-state index in [1.54, 1.807) is 0 Å². The Morgan fingerprint density at radius 3 is 2.83 bits per heavy atom. The van der Waals surface area contributed by atoms with Crippen LogP contribution in [0.4, 0.5) is 0 Å². The number of benzene rings is 1. The van der Waals surface area contributed by atoms with Crippen LogP contribution in [0.5, 0.6) is 0 Å². The molecule has 18 heavy (non-hydrogen) atoms. The third-order valence-corrected chi connectivity index (χ3v) is 4.11. The molecule has 0 atom stereocenters. The van der Waals surface area contributed by atoms with Gasteiger partial charge in [0.25, 0.3) is 0 Å². The van der Waals surface area contributed by atoms with Crippen LogP contribution in [0.3, 0.4) is 0 Å². The van der Waals surface area contributed by atoms with Gasteiger partial charge in [0.15, 0.2) is 0 Å². The summed E-state index contributed by atoms with van der Waals surface area (Å²) < 4.78 is 0. The molecule has 3 nitrogen and oxygen atoms in total. The van der Waals surface area contributed by atoms with Gasteiger partial charge in [0.2, 0.25) is 0 Å². The van der Waals surface area contributed by atoms with Crippen LogP contribution < -0.4 is 5.32 Å². The zero-order chi connectivity index (χ0) is 12.5. The van der Waals surface area contributed by atoms with Crippen LogP contribution in [-0.4, -0.2) is 16.0 Å². The lowest BCUT2D eigenvalue weighted by Crippen LogP contribution is -2.42. The number of H-pyrrole nitrogens is 1. The van der Waals surface area contributed by atoms with Gasteiger partial charge in [0, 0.05) is 6.04 Å². The Kier molecular flexibility index (Phi) is 3.08. The number of rotatable bonds is 4. The van der Waals surface area contributed by atoms with Crippen molar-refractivity contribution in [3.63, 3.8) is 0 Å². The second-order valence-electron chi connectivity index (χ2n) is 5.75. The second-order valence-corrected chi connectivity index (χ2v) is 5.75. The summed E-state index contributed by atoms with van der Waals surface area (Å²) in [4.78, 5) is 7.94. The number of imidazole rings is 1. The summed E-state index contributed by atoms with van der Waals surface area (Å²) in [5.74, 6) is 2.79. The first-order valence-corrected chi connectivity index (χ1v) is 6.89. The van der Waals surface area contributed by atoms with E-state index in [1.807, 2.05) is 18.2 Å². The number of para-hydroxylation sites is 2. The van der Waals surface area contributed by atoms with E-state index in [1.165, 1.54) is 12.8 Å². The van der Waals surface area contributed by atoms with E-state index in [0.29, 0.717) is 6.04 Å². The highest BCUT2D eigenvalue weighted by molar-refractivity contribution is 5.74. The van der Waals surface area contributed by atoms with Crippen LogP contribution >= 0.6 is 0 Å². The standard InChI is InChI=1S/C15H21N3/c1-10(2)11-7-12(8-11)16-9-15-17-13-5-3-4-6-14(13)18-15/h3-6,10-12,16H,7-9H2,1-2H3,(H,17,18). The van der Waals surface area contributed by atoms with Gasteiger partial charge in [-0.2, -0.15) is 0 Å². The molecule has 1 heterocycles. The normalized spacial score (nSPS) is 23.5. The minimum absolute atomic E-state index is 0.686. The van der Waals surface area contributed by atoms with Gasteiger partial charge in [0.1, 0.15) is 5.82 Å². The monoisotopic (exact) mass is 243 g/mol. The maximum atomic E-state index is 4.58. The molecule has 1 aromatic carbocycles. The summed E-state index contributed by atoms with van der Waals surface area (Å²) in [7, 11) is 0. The number of nitrogens with one attached hydrogen (secondary N) is 2. The number of hydrogen-bond donors (Lipinski definition) is 2. The molecule has 3 rings (SSSR count). The van der Waals surface area contributed by atoms with Crippen LogP contribution in [0.2, 0.25) is 0 Å². The van der Waals surface area contributed by atoms with Crippen molar-refractivity contribution >= 4 is 11.0 Å². The number of aromatic nitrogens is 2. The molecule has 0 saturated heterocycles. The second kappa shape index (κ2) is 4.73. The largest absolute Gasteiger partial charge is 0.341 e. The smallest absolute Gasteiger partial charge is 0.121 e. The molecule has 3 heteroatoms. The van der Waals surface area contributed by atoms with E-state index >= 15 is 0 Å². The summed E-state index contributed by atoms with van der Waals surface area (Å²) in [5.41, 5.74) is 2.19. The summed E-state index contributed by atoms with van der Waals surface area (Å²) in [5, 5.41) is 3.59. The van der Waals surface area contributed by atoms with E-state index in [9.17, 15) is 0 Å². The van der Waals surface area contributed by atoms with Crippen molar-refractivity contribution in [1.29, 1.82) is 0 Å². The van der Waals surface area contributed by atoms with Gasteiger partial charge in [-0.05, 0) is 36.8 Å². The molecular weight excluding hydrogens is 222 g/mol. The molecular formula is C15H21N3. The van der Waals surface area contributed by atoms with Gasteiger partial charge in [-0.3, -0.25) is 0 Å². The van der Waals surface area contributed by atoms with Gasteiger partial charge >= 0.3 is 0 Å². The van der Waals surface area contributed by atoms with Crippen molar-refractivity contribution in [3.8, 4) is 0 Å². The summed E-state index contributed by atoms with van der Waals surface area (Å²) in [6.07, 6.45) is 2.63. The van der Waals surface area contributed by atoms with Crippen LogP contribution in [-0.2, 0) is 6.54 Å². The summed E-state index contributed by atoms with van der Waals surface area (Å²) in [6.45, 7) is 5.49. The molecule has 1 aromatic heterocycles. The van der Waals surface area contributed by atoms with Crippen molar-refractivity contribution in [1.82, 2.24) is 15.3 Å². The fraction of sp³-hybridized carbons (Fsp3) is 0.533. The van der Waals surface area contributed by atoms with Gasteiger partial charge in [-0.15, -0.1) is 0 Å². The van der Waals surface area contributed by atoms with Crippen molar-refractivity contribution < 1.29 is 0 Å². The molecule has 1 fully saturated rings. The van der Waals surface area contributed by atoms with Crippen LogP contribution in [0.25, 0.3) is 11.0 Å². The van der Waals surface area contributed by atoms with Crippen molar-refractivity contribution in [2.24, 2.45) is 11.8 Å². The molecule has 2 N–H and O–H groups in total. The number of aromatic amines is 1. The molecule has 96 valence electrons. The molecule has 1 saturated carbocycles. The van der Waals surface area contributed by atoms with E-state index in [-0.39, 0.29) is 0 Å². The first-order valence-electron chi connectivity index (χ1n) is 6.89. The number of nitrogens with zero attached hydrogens (tertiary/aromatic N) is 1. The Bertz CT molecular complexity index is 490. The lowest BCUT2D eigenvalue weighted by Gasteiger charge is -2.38. The predicted molar refractivity (Wildman–Crippen MR) is 74.3 cm³/mol. The average molecular weight is 243 g/mol. The minimum atomic E-state index is 0.686. The van der Waals surface area contributed by atoms with Gasteiger partial charge in [-0.1, -0.05) is 26.0 Å². The van der Waals surface area contributed by atoms with Crippen LogP contribution in [0.15, 0.2) is 24.3 Å². The highest BCUT2D eigenvalue weighted by Crippen LogP contribution is 2.33.